The number of ether oxygens (including phenoxy) is 1. The Labute approximate surface area is 113 Å². The maximum Gasteiger partial charge on any atom is 0.227 e. The highest BCUT2D eigenvalue weighted by Crippen LogP contribution is 2.33. The van der Waals surface area contributed by atoms with Gasteiger partial charge in [0.25, 0.3) is 0 Å². The number of para-hydroxylation sites is 2. The number of fused-ring (bicyclic) bond motifs is 1. The zero-order valence-electron chi connectivity index (χ0n) is 10.9. The summed E-state index contributed by atoms with van der Waals surface area (Å²) in [5.41, 5.74) is 0.908. The Hall–Kier alpha value is -1.16. The molecule has 0 unspecified atom stereocenters. The minimum absolute atomic E-state index is 0.113. The molecule has 0 aromatic heterocycles. The Kier molecular flexibility index (Phi) is 4.53. The van der Waals surface area contributed by atoms with E-state index in [1.54, 1.807) is 11.8 Å². The van der Waals surface area contributed by atoms with Crippen LogP contribution in [-0.2, 0) is 4.79 Å². The molecular weight excluding hydrogens is 246 g/mol. The van der Waals surface area contributed by atoms with Crippen molar-refractivity contribution in [1.29, 1.82) is 0 Å². The van der Waals surface area contributed by atoms with Gasteiger partial charge in [-0.25, -0.2) is 0 Å². The van der Waals surface area contributed by atoms with Crippen LogP contribution in [0.15, 0.2) is 24.3 Å². The molecule has 1 aliphatic heterocycles. The van der Waals surface area contributed by atoms with E-state index in [1.807, 2.05) is 36.1 Å². The van der Waals surface area contributed by atoms with Crippen molar-refractivity contribution in [3.63, 3.8) is 0 Å². The van der Waals surface area contributed by atoms with Crippen LogP contribution < -0.4 is 9.64 Å². The van der Waals surface area contributed by atoms with Gasteiger partial charge in [0.05, 0.1) is 11.7 Å². The smallest absolute Gasteiger partial charge is 0.227 e. The first-order chi connectivity index (χ1) is 8.74. The van der Waals surface area contributed by atoms with Crippen LogP contribution in [0.1, 0.15) is 19.8 Å². The van der Waals surface area contributed by atoms with Crippen molar-refractivity contribution in [2.75, 3.05) is 23.5 Å². The number of thioether (sulfide) groups is 1. The summed E-state index contributed by atoms with van der Waals surface area (Å²) in [4.78, 5) is 14.2. The third-order valence-corrected chi connectivity index (χ3v) is 3.75. The second-order valence-corrected chi connectivity index (χ2v) is 5.47. The molecule has 18 heavy (non-hydrogen) atoms. The number of hydrogen-bond donors (Lipinski definition) is 0. The first-order valence-corrected chi connectivity index (χ1v) is 7.66. The van der Waals surface area contributed by atoms with E-state index in [2.05, 4.69) is 6.26 Å². The molecule has 0 aliphatic carbocycles. The lowest BCUT2D eigenvalue weighted by Crippen LogP contribution is -2.45. The molecule has 0 bridgehead atoms. The summed E-state index contributed by atoms with van der Waals surface area (Å²) >= 11 is 1.78. The topological polar surface area (TPSA) is 29.5 Å². The monoisotopic (exact) mass is 265 g/mol. The zero-order valence-corrected chi connectivity index (χ0v) is 11.7. The highest BCUT2D eigenvalue weighted by molar-refractivity contribution is 7.98. The number of nitrogens with zero attached hydrogens (tertiary/aromatic N) is 1. The Balaban J connectivity index is 2.13. The molecule has 1 atom stereocenters. The maximum absolute atomic E-state index is 12.3. The first-order valence-electron chi connectivity index (χ1n) is 6.27. The van der Waals surface area contributed by atoms with Crippen molar-refractivity contribution in [2.45, 2.75) is 25.8 Å². The molecule has 0 N–H and O–H groups in total. The van der Waals surface area contributed by atoms with Gasteiger partial charge in [-0.05, 0) is 37.5 Å². The molecular formula is C14H19NO2S. The largest absolute Gasteiger partial charge is 0.489 e. The fourth-order valence-electron chi connectivity index (χ4n) is 2.17. The Morgan fingerprint density at radius 2 is 2.28 bits per heavy atom. The molecule has 98 valence electrons. The van der Waals surface area contributed by atoms with Gasteiger partial charge in [-0.1, -0.05) is 12.1 Å². The second kappa shape index (κ2) is 6.14. The fourth-order valence-corrected chi connectivity index (χ4v) is 2.60. The summed E-state index contributed by atoms with van der Waals surface area (Å²) < 4.78 is 5.64. The normalized spacial score (nSPS) is 18.1. The number of amides is 1. The Bertz CT molecular complexity index is 422. The van der Waals surface area contributed by atoms with Crippen LogP contribution in [0, 0.1) is 0 Å². The van der Waals surface area contributed by atoms with Crippen LogP contribution >= 0.6 is 11.8 Å². The van der Waals surface area contributed by atoms with Crippen molar-refractivity contribution in [3.05, 3.63) is 24.3 Å². The van der Waals surface area contributed by atoms with Crippen LogP contribution in [0.3, 0.4) is 0 Å². The lowest BCUT2D eigenvalue weighted by Gasteiger charge is -2.35. The van der Waals surface area contributed by atoms with Gasteiger partial charge in [-0.15, -0.1) is 0 Å². The van der Waals surface area contributed by atoms with E-state index in [4.69, 9.17) is 4.74 Å². The number of carbonyl (C=O) groups excluding carboxylic acids is 1. The molecule has 0 spiro atoms. The van der Waals surface area contributed by atoms with E-state index in [0.29, 0.717) is 13.0 Å². The van der Waals surface area contributed by atoms with Gasteiger partial charge >= 0.3 is 0 Å². The van der Waals surface area contributed by atoms with Crippen LogP contribution in [0.2, 0.25) is 0 Å². The molecule has 1 aromatic carbocycles. The standard InChI is InChI=1S/C14H19NO2S/c1-11-10-17-13-7-4-3-6-12(13)15(11)14(16)8-5-9-18-2/h3-4,6-7,11H,5,8-10H2,1-2H3/t11-/m0/s1. The summed E-state index contributed by atoms with van der Waals surface area (Å²) in [5.74, 6) is 2.05. The van der Waals surface area contributed by atoms with E-state index >= 15 is 0 Å². The van der Waals surface area contributed by atoms with Crippen molar-refractivity contribution in [1.82, 2.24) is 0 Å². The average molecular weight is 265 g/mol. The van der Waals surface area contributed by atoms with Crippen molar-refractivity contribution in [2.24, 2.45) is 0 Å². The molecule has 0 saturated heterocycles. The van der Waals surface area contributed by atoms with Crippen molar-refractivity contribution >= 4 is 23.4 Å². The molecule has 2 rings (SSSR count). The zero-order chi connectivity index (χ0) is 13.0. The van der Waals surface area contributed by atoms with E-state index in [-0.39, 0.29) is 11.9 Å². The third kappa shape index (κ3) is 2.80. The summed E-state index contributed by atoms with van der Waals surface area (Å²) in [6.07, 6.45) is 3.61. The number of rotatable bonds is 4. The fraction of sp³-hybridized carbons (Fsp3) is 0.500. The van der Waals surface area contributed by atoms with Gasteiger partial charge in [0.1, 0.15) is 12.4 Å². The molecule has 0 radical (unpaired) electrons. The summed E-state index contributed by atoms with van der Waals surface area (Å²) in [6, 6.07) is 7.87. The molecule has 4 heteroatoms. The molecule has 1 amide bonds. The third-order valence-electron chi connectivity index (χ3n) is 3.05. The van der Waals surface area contributed by atoms with Gasteiger partial charge in [-0.3, -0.25) is 4.79 Å². The molecule has 0 fully saturated rings. The first kappa shape index (κ1) is 13.3. The van der Waals surface area contributed by atoms with Gasteiger partial charge in [-0.2, -0.15) is 11.8 Å². The number of hydrogen-bond acceptors (Lipinski definition) is 3. The lowest BCUT2D eigenvalue weighted by molar-refractivity contribution is -0.119. The number of carbonyl (C=O) groups is 1. The molecule has 1 aromatic rings. The molecule has 0 saturated carbocycles. The van der Waals surface area contributed by atoms with Gasteiger partial charge < -0.3 is 9.64 Å². The highest BCUT2D eigenvalue weighted by atomic mass is 32.2. The summed E-state index contributed by atoms with van der Waals surface area (Å²) in [5, 5.41) is 0. The number of benzene rings is 1. The predicted octanol–water partition coefficient (Wildman–Crippen LogP) is 2.94. The van der Waals surface area contributed by atoms with E-state index in [0.717, 1.165) is 23.6 Å². The SMILES string of the molecule is CSCCCC(=O)N1c2ccccc2OC[C@@H]1C. The van der Waals surface area contributed by atoms with Crippen LogP contribution in [0.5, 0.6) is 5.75 Å². The average Bonchev–Trinajstić information content (AvgIpc) is 2.38. The molecule has 3 nitrogen and oxygen atoms in total. The Morgan fingerprint density at radius 3 is 3.06 bits per heavy atom. The van der Waals surface area contributed by atoms with Crippen LogP contribution in [0.4, 0.5) is 5.69 Å². The molecule has 1 aliphatic rings. The maximum atomic E-state index is 12.3. The van der Waals surface area contributed by atoms with E-state index in [9.17, 15) is 4.79 Å². The lowest BCUT2D eigenvalue weighted by atomic mass is 10.1. The summed E-state index contributed by atoms with van der Waals surface area (Å²) in [6.45, 7) is 2.60. The summed E-state index contributed by atoms with van der Waals surface area (Å²) in [7, 11) is 0. The van der Waals surface area contributed by atoms with Gasteiger partial charge in [0, 0.05) is 6.42 Å². The predicted molar refractivity (Wildman–Crippen MR) is 76.5 cm³/mol. The second-order valence-electron chi connectivity index (χ2n) is 4.49. The van der Waals surface area contributed by atoms with E-state index in [1.165, 1.54) is 0 Å². The van der Waals surface area contributed by atoms with E-state index < -0.39 is 0 Å². The Morgan fingerprint density at radius 1 is 1.50 bits per heavy atom. The number of anilines is 1. The van der Waals surface area contributed by atoms with Crippen LogP contribution in [-0.4, -0.2) is 30.6 Å². The van der Waals surface area contributed by atoms with Crippen molar-refractivity contribution in [3.8, 4) is 5.75 Å². The highest BCUT2D eigenvalue weighted by Gasteiger charge is 2.28. The van der Waals surface area contributed by atoms with Gasteiger partial charge in [0.2, 0.25) is 5.91 Å². The minimum Gasteiger partial charge on any atom is -0.489 e. The minimum atomic E-state index is 0.113. The molecule has 1 heterocycles. The van der Waals surface area contributed by atoms with Crippen LogP contribution in [0.25, 0.3) is 0 Å². The van der Waals surface area contributed by atoms with Crippen molar-refractivity contribution < 1.29 is 9.53 Å². The van der Waals surface area contributed by atoms with Gasteiger partial charge in [0.15, 0.2) is 0 Å². The quantitative estimate of drug-likeness (QED) is 0.784.